The summed E-state index contributed by atoms with van der Waals surface area (Å²) in [6.07, 6.45) is 3.79. The normalized spacial score (nSPS) is 16.2. The van der Waals surface area contributed by atoms with Crippen molar-refractivity contribution in [3.05, 3.63) is 59.7 Å². The quantitative estimate of drug-likeness (QED) is 0.465. The van der Waals surface area contributed by atoms with Crippen LogP contribution in [-0.2, 0) is 4.79 Å². The van der Waals surface area contributed by atoms with E-state index in [-0.39, 0.29) is 25.0 Å². The van der Waals surface area contributed by atoms with Crippen molar-refractivity contribution in [3.8, 4) is 17.2 Å². The summed E-state index contributed by atoms with van der Waals surface area (Å²) in [6, 6.07) is 18.9. The van der Waals surface area contributed by atoms with Gasteiger partial charge in [-0.05, 0) is 78.8 Å². The zero-order valence-electron chi connectivity index (χ0n) is 19.9. The molecule has 1 amide bonds. The highest BCUT2D eigenvalue weighted by Crippen LogP contribution is 2.36. The summed E-state index contributed by atoms with van der Waals surface area (Å²) >= 11 is 0. The van der Waals surface area contributed by atoms with Crippen LogP contribution in [0.2, 0.25) is 0 Å². The second kappa shape index (κ2) is 12.5. The lowest BCUT2D eigenvalue weighted by atomic mass is 9.78. The summed E-state index contributed by atoms with van der Waals surface area (Å²) in [4.78, 5) is 12.8. The van der Waals surface area contributed by atoms with Gasteiger partial charge in [0.15, 0.2) is 0 Å². The molecule has 2 aromatic rings. The van der Waals surface area contributed by atoms with Gasteiger partial charge in [0, 0.05) is 6.61 Å². The van der Waals surface area contributed by atoms with Crippen molar-refractivity contribution >= 4 is 5.91 Å². The van der Waals surface area contributed by atoms with Crippen molar-refractivity contribution in [1.29, 1.82) is 5.26 Å². The number of amides is 1. The molecule has 0 aromatic heterocycles. The maximum absolute atomic E-state index is 12.8. The number of benzene rings is 2. The van der Waals surface area contributed by atoms with Crippen molar-refractivity contribution in [2.45, 2.75) is 51.4 Å². The van der Waals surface area contributed by atoms with Gasteiger partial charge in [-0.15, -0.1) is 0 Å². The first-order valence-corrected chi connectivity index (χ1v) is 12.2. The molecular formula is C28H37N3O2. The van der Waals surface area contributed by atoms with E-state index in [1.807, 2.05) is 18.2 Å². The van der Waals surface area contributed by atoms with Crippen LogP contribution in [-0.4, -0.2) is 37.3 Å². The molecule has 3 rings (SSSR count). The molecule has 0 spiro atoms. The Hall–Kier alpha value is -2.68. The van der Waals surface area contributed by atoms with Crippen LogP contribution in [0.1, 0.15) is 62.5 Å². The van der Waals surface area contributed by atoms with Gasteiger partial charge in [-0.1, -0.05) is 62.4 Å². The third-order valence-corrected chi connectivity index (χ3v) is 6.70. The molecule has 5 heteroatoms. The van der Waals surface area contributed by atoms with Crippen LogP contribution in [0.5, 0.6) is 0 Å². The summed E-state index contributed by atoms with van der Waals surface area (Å²) in [6.45, 7) is 6.53. The highest BCUT2D eigenvalue weighted by molar-refractivity contribution is 5.84. The fraction of sp³-hybridized carbons (Fsp3) is 0.500. The first kappa shape index (κ1) is 25.0. The zero-order chi connectivity index (χ0) is 23.6. The Labute approximate surface area is 198 Å². The fourth-order valence-corrected chi connectivity index (χ4v) is 5.06. The molecule has 0 saturated carbocycles. The Morgan fingerprint density at radius 1 is 1.12 bits per heavy atom. The zero-order valence-corrected chi connectivity index (χ0v) is 19.9. The minimum absolute atomic E-state index is 0.0259. The predicted molar refractivity (Wildman–Crippen MR) is 133 cm³/mol. The topological polar surface area (TPSA) is 85.2 Å². The Balaban J connectivity index is 1.89. The third kappa shape index (κ3) is 6.90. The number of piperidine rings is 1. The van der Waals surface area contributed by atoms with E-state index in [0.29, 0.717) is 17.8 Å². The highest BCUT2D eigenvalue weighted by atomic mass is 16.3. The van der Waals surface area contributed by atoms with Crippen LogP contribution in [0.3, 0.4) is 0 Å². The molecule has 33 heavy (non-hydrogen) atoms. The van der Waals surface area contributed by atoms with E-state index in [1.165, 1.54) is 5.56 Å². The molecule has 1 fully saturated rings. The number of nitrogens with one attached hydrogen (secondary N) is 2. The first-order chi connectivity index (χ1) is 16.0. The molecule has 176 valence electrons. The largest absolute Gasteiger partial charge is 0.396 e. The number of hydrogen-bond donors (Lipinski definition) is 3. The summed E-state index contributed by atoms with van der Waals surface area (Å²) in [5.74, 6) is 0.924. The van der Waals surface area contributed by atoms with E-state index in [9.17, 15) is 9.90 Å². The smallest absolute Gasteiger partial charge is 0.228 e. The number of nitrogens with zero attached hydrogens (tertiary/aromatic N) is 1. The lowest BCUT2D eigenvalue weighted by molar-refractivity contribution is -0.122. The molecule has 0 bridgehead atoms. The molecule has 2 atom stereocenters. The molecule has 0 aliphatic carbocycles. The molecule has 0 radical (unpaired) electrons. The Kier molecular flexibility index (Phi) is 9.47. The average Bonchev–Trinajstić information content (AvgIpc) is 2.85. The summed E-state index contributed by atoms with van der Waals surface area (Å²) in [5, 5.41) is 24.8. The number of rotatable bonds is 10. The second-order valence-corrected chi connectivity index (χ2v) is 9.52. The van der Waals surface area contributed by atoms with E-state index in [4.69, 9.17) is 5.26 Å². The van der Waals surface area contributed by atoms with E-state index in [0.717, 1.165) is 55.5 Å². The number of hydrogen-bond acceptors (Lipinski definition) is 4. The van der Waals surface area contributed by atoms with Gasteiger partial charge in [-0.3, -0.25) is 4.79 Å². The van der Waals surface area contributed by atoms with Crippen molar-refractivity contribution in [3.63, 3.8) is 0 Å². The van der Waals surface area contributed by atoms with Gasteiger partial charge in [0.05, 0.1) is 12.0 Å². The number of aliphatic hydroxyl groups is 1. The minimum atomic E-state index is -0.279. The van der Waals surface area contributed by atoms with Crippen molar-refractivity contribution in [2.75, 3.05) is 26.2 Å². The number of carbonyl (C=O) groups is 1. The molecule has 3 N–H and O–H groups in total. The van der Waals surface area contributed by atoms with Crippen LogP contribution in [0.25, 0.3) is 11.1 Å². The van der Waals surface area contributed by atoms with Gasteiger partial charge in [0.25, 0.3) is 0 Å². The van der Waals surface area contributed by atoms with Crippen molar-refractivity contribution in [2.24, 2.45) is 11.8 Å². The average molecular weight is 448 g/mol. The lowest BCUT2D eigenvalue weighted by Crippen LogP contribution is -2.31. The molecule has 1 saturated heterocycles. The minimum Gasteiger partial charge on any atom is -0.396 e. The molecule has 1 heterocycles. The lowest BCUT2D eigenvalue weighted by Gasteiger charge is -2.31. The molecule has 1 aliphatic heterocycles. The van der Waals surface area contributed by atoms with Gasteiger partial charge in [0.2, 0.25) is 5.91 Å². The first-order valence-electron chi connectivity index (χ1n) is 12.2. The monoisotopic (exact) mass is 447 g/mol. The van der Waals surface area contributed by atoms with Gasteiger partial charge in [-0.25, -0.2) is 0 Å². The number of aliphatic hydroxyl groups excluding tert-OH is 1. The highest BCUT2D eigenvalue weighted by Gasteiger charge is 2.25. The molecular weight excluding hydrogens is 410 g/mol. The Morgan fingerprint density at radius 3 is 2.36 bits per heavy atom. The van der Waals surface area contributed by atoms with Gasteiger partial charge in [0.1, 0.15) is 6.54 Å². The van der Waals surface area contributed by atoms with Crippen molar-refractivity contribution in [1.82, 2.24) is 10.6 Å². The molecule has 1 aliphatic rings. The predicted octanol–water partition coefficient (Wildman–Crippen LogP) is 4.59. The fourth-order valence-electron chi connectivity index (χ4n) is 5.06. The van der Waals surface area contributed by atoms with Crippen LogP contribution in [0.4, 0.5) is 0 Å². The molecule has 5 nitrogen and oxygen atoms in total. The van der Waals surface area contributed by atoms with Crippen LogP contribution >= 0.6 is 0 Å². The maximum Gasteiger partial charge on any atom is 0.228 e. The van der Waals surface area contributed by atoms with E-state index < -0.39 is 0 Å². The van der Waals surface area contributed by atoms with E-state index in [1.54, 1.807) is 0 Å². The standard InChI is InChI=1S/C28H37N3O2/c1-20(2)17-27(28(33)31-15-12-29)25-8-4-6-23(19-25)22-5-3-7-24(18-22)26(11-16-32)21-9-13-30-14-10-21/h3-8,18-21,26-27,30,32H,9-11,13-17H2,1-2H3,(H,31,33). The van der Waals surface area contributed by atoms with Crippen molar-refractivity contribution < 1.29 is 9.90 Å². The van der Waals surface area contributed by atoms with Gasteiger partial charge < -0.3 is 15.7 Å². The molecule has 2 unspecified atom stereocenters. The third-order valence-electron chi connectivity index (χ3n) is 6.70. The van der Waals surface area contributed by atoms with Crippen LogP contribution in [0.15, 0.2) is 48.5 Å². The van der Waals surface area contributed by atoms with Crippen LogP contribution < -0.4 is 10.6 Å². The molecule has 2 aromatic carbocycles. The number of nitriles is 1. The van der Waals surface area contributed by atoms with Gasteiger partial charge >= 0.3 is 0 Å². The summed E-state index contributed by atoms with van der Waals surface area (Å²) < 4.78 is 0. The van der Waals surface area contributed by atoms with Crippen LogP contribution in [0, 0.1) is 23.2 Å². The SMILES string of the molecule is CC(C)CC(C(=O)NCC#N)c1cccc(-c2cccc(C(CCO)C3CCNCC3)c2)c1. The number of carbonyl (C=O) groups excluding carboxylic acids is 1. The maximum atomic E-state index is 12.8. The summed E-state index contributed by atoms with van der Waals surface area (Å²) in [7, 11) is 0. The van der Waals surface area contributed by atoms with E-state index in [2.05, 4.69) is 60.9 Å². The summed E-state index contributed by atoms with van der Waals surface area (Å²) in [5.41, 5.74) is 4.48. The van der Waals surface area contributed by atoms with Gasteiger partial charge in [-0.2, -0.15) is 5.26 Å². The second-order valence-electron chi connectivity index (χ2n) is 9.52. The Bertz CT molecular complexity index is 944. The Morgan fingerprint density at radius 2 is 1.76 bits per heavy atom. The van der Waals surface area contributed by atoms with E-state index >= 15 is 0 Å².